The van der Waals surface area contributed by atoms with Crippen LogP contribution in [0.1, 0.15) is 11.3 Å². The summed E-state index contributed by atoms with van der Waals surface area (Å²) in [5.74, 6) is 1.06. The van der Waals surface area contributed by atoms with E-state index in [0.717, 1.165) is 21.8 Å². The Morgan fingerprint density at radius 1 is 0.808 bits per heavy atom. The summed E-state index contributed by atoms with van der Waals surface area (Å²) < 4.78 is 12.5. The van der Waals surface area contributed by atoms with Crippen LogP contribution in [-0.4, -0.2) is 9.19 Å². The average molecular weight is 396 g/mol. The normalized spacial score (nSPS) is 12.2. The lowest BCUT2D eigenvalue weighted by molar-refractivity contribution is 0.681. The number of hydrogen-bond donors (Lipinski definition) is 0. The molecule has 0 saturated heterocycles. The van der Waals surface area contributed by atoms with Gasteiger partial charge in [0, 0.05) is 32.9 Å². The number of hydrogen-bond acceptors (Lipinski definition) is 4. The van der Waals surface area contributed by atoms with Crippen LogP contribution in [0.5, 0.6) is 0 Å². The molecule has 5 heteroatoms. The Balaban J connectivity index is 1.39. The lowest BCUT2D eigenvalue weighted by Crippen LogP contribution is -2.00. The van der Waals surface area contributed by atoms with Crippen LogP contribution in [0.25, 0.3) is 21.7 Å². The molecule has 0 fully saturated rings. The largest absolute Gasteiger partial charge is 0.259 e. The highest BCUT2D eigenvalue weighted by Gasteiger charge is 2.09. The highest BCUT2D eigenvalue weighted by atomic mass is 32.2. The third kappa shape index (κ3) is 4.18. The summed E-state index contributed by atoms with van der Waals surface area (Å²) in [4.78, 5) is 4.62. The van der Waals surface area contributed by atoms with Crippen molar-refractivity contribution >= 4 is 33.5 Å². The first-order valence-corrected chi connectivity index (χ1v) is 11.6. The second kappa shape index (κ2) is 8.08. The van der Waals surface area contributed by atoms with E-state index in [9.17, 15) is 4.21 Å². The van der Waals surface area contributed by atoms with Crippen LogP contribution < -0.4 is 0 Å². The summed E-state index contributed by atoms with van der Waals surface area (Å²) >= 11 is 3.28. The highest BCUT2D eigenvalue weighted by molar-refractivity contribution is 7.83. The maximum Gasteiger partial charge on any atom is 0.124 e. The van der Waals surface area contributed by atoms with E-state index in [0.29, 0.717) is 11.5 Å². The fraction of sp³-hybridized carbons (Fsp3) is 0.0952. The lowest BCUT2D eigenvalue weighted by atomic mass is 10.0. The zero-order valence-electron chi connectivity index (χ0n) is 14.0. The second-order valence-corrected chi connectivity index (χ2v) is 9.04. The molecule has 0 bridgehead atoms. The van der Waals surface area contributed by atoms with Crippen molar-refractivity contribution in [1.29, 1.82) is 0 Å². The van der Waals surface area contributed by atoms with Crippen LogP contribution in [0, 0.1) is 0 Å². The number of nitrogens with zero attached hydrogens (tertiary/aromatic N) is 1. The first-order valence-electron chi connectivity index (χ1n) is 8.24. The van der Waals surface area contributed by atoms with Gasteiger partial charge < -0.3 is 0 Å². The zero-order chi connectivity index (χ0) is 17.8. The Morgan fingerprint density at radius 3 is 2.31 bits per heavy atom. The predicted octanol–water partition coefficient (Wildman–Crippen LogP) is 5.99. The number of benzene rings is 2. The van der Waals surface area contributed by atoms with Crippen molar-refractivity contribution in [1.82, 2.24) is 4.98 Å². The van der Waals surface area contributed by atoms with Gasteiger partial charge in [0.1, 0.15) is 5.01 Å². The Labute approximate surface area is 163 Å². The summed E-state index contributed by atoms with van der Waals surface area (Å²) in [6, 6.07) is 20.7. The van der Waals surface area contributed by atoms with E-state index in [4.69, 9.17) is 0 Å². The Hall–Kier alpha value is -2.08. The zero-order valence-corrected chi connectivity index (χ0v) is 16.4. The number of thiazole rings is 1. The van der Waals surface area contributed by atoms with Gasteiger partial charge in [-0.25, -0.2) is 4.98 Å². The maximum absolute atomic E-state index is 12.5. The van der Waals surface area contributed by atoms with E-state index in [-0.39, 0.29) is 0 Å². The van der Waals surface area contributed by atoms with E-state index < -0.39 is 10.8 Å². The number of thiophene rings is 1. The molecule has 0 radical (unpaired) electrons. The van der Waals surface area contributed by atoms with Gasteiger partial charge in [-0.2, -0.15) is 11.3 Å². The van der Waals surface area contributed by atoms with Crippen LogP contribution in [0.4, 0.5) is 0 Å². The predicted molar refractivity (Wildman–Crippen MR) is 113 cm³/mol. The second-order valence-electron chi connectivity index (χ2n) is 5.95. The van der Waals surface area contributed by atoms with E-state index in [1.807, 2.05) is 29.0 Å². The Kier molecular flexibility index (Phi) is 5.39. The third-order valence-electron chi connectivity index (χ3n) is 4.02. The summed E-state index contributed by atoms with van der Waals surface area (Å²) in [7, 11) is -0.960. The molecule has 1 unspecified atom stereocenters. The SMILES string of the molecule is O=S(Cc1ccc(-c2ccccc2)cc1)Cc1csc(-c2ccsc2)n1. The first-order chi connectivity index (χ1) is 12.8. The van der Waals surface area contributed by atoms with Gasteiger partial charge in [0.25, 0.3) is 0 Å². The van der Waals surface area contributed by atoms with Crippen LogP contribution in [0.3, 0.4) is 0 Å². The standard InChI is InChI=1S/C21H17NOS3/c23-26(15-20-13-25-21(22-20)19-10-11-24-12-19)14-16-6-8-18(9-7-16)17-4-2-1-3-5-17/h1-13H,14-15H2. The van der Waals surface area contributed by atoms with Crippen LogP contribution in [0.2, 0.25) is 0 Å². The smallest absolute Gasteiger partial charge is 0.124 e. The summed E-state index contributed by atoms with van der Waals surface area (Å²) in [6.45, 7) is 0. The highest BCUT2D eigenvalue weighted by Crippen LogP contribution is 2.26. The molecule has 0 aliphatic rings. The van der Waals surface area contributed by atoms with E-state index in [2.05, 4.69) is 52.8 Å². The molecule has 2 aromatic carbocycles. The van der Waals surface area contributed by atoms with Crippen molar-refractivity contribution in [3.63, 3.8) is 0 Å². The maximum atomic E-state index is 12.5. The molecule has 0 N–H and O–H groups in total. The third-order valence-corrected chi connectivity index (χ3v) is 6.91. The van der Waals surface area contributed by atoms with Crippen LogP contribution in [0.15, 0.2) is 76.8 Å². The average Bonchev–Trinajstić information content (AvgIpc) is 3.35. The van der Waals surface area contributed by atoms with Crippen LogP contribution >= 0.6 is 22.7 Å². The summed E-state index contributed by atoms with van der Waals surface area (Å²) in [5, 5.41) is 7.16. The van der Waals surface area contributed by atoms with Crippen molar-refractivity contribution < 1.29 is 4.21 Å². The van der Waals surface area contributed by atoms with Gasteiger partial charge in [-0.15, -0.1) is 11.3 Å². The molecule has 0 aliphatic carbocycles. The van der Waals surface area contributed by atoms with Gasteiger partial charge in [-0.1, -0.05) is 54.6 Å². The van der Waals surface area contributed by atoms with Gasteiger partial charge in [-0.3, -0.25) is 4.21 Å². The molecule has 130 valence electrons. The van der Waals surface area contributed by atoms with Gasteiger partial charge in [0.05, 0.1) is 11.4 Å². The van der Waals surface area contributed by atoms with Crippen molar-refractivity contribution in [3.05, 3.63) is 88.1 Å². The number of rotatable bonds is 6. The topological polar surface area (TPSA) is 30.0 Å². The molecule has 4 aromatic rings. The monoisotopic (exact) mass is 395 g/mol. The molecule has 0 aliphatic heterocycles. The van der Waals surface area contributed by atoms with Gasteiger partial charge in [0.15, 0.2) is 0 Å². The molecule has 0 amide bonds. The van der Waals surface area contributed by atoms with Gasteiger partial charge in [-0.05, 0) is 28.1 Å². The Morgan fingerprint density at radius 2 is 1.58 bits per heavy atom. The van der Waals surface area contributed by atoms with Crippen molar-refractivity contribution in [2.45, 2.75) is 11.5 Å². The molecule has 0 saturated carbocycles. The van der Waals surface area contributed by atoms with Crippen molar-refractivity contribution in [3.8, 4) is 21.7 Å². The minimum atomic E-state index is -0.960. The molecule has 2 heterocycles. The van der Waals surface area contributed by atoms with E-state index in [1.165, 1.54) is 11.1 Å². The van der Waals surface area contributed by atoms with E-state index >= 15 is 0 Å². The molecule has 2 aromatic heterocycles. The summed E-state index contributed by atoms with van der Waals surface area (Å²) in [6.07, 6.45) is 0. The molecule has 1 atom stereocenters. The molecule has 0 spiro atoms. The molecular formula is C21H17NOS3. The lowest BCUT2D eigenvalue weighted by Gasteiger charge is -2.04. The minimum Gasteiger partial charge on any atom is -0.259 e. The molecular weight excluding hydrogens is 378 g/mol. The number of aromatic nitrogens is 1. The summed E-state index contributed by atoms with van der Waals surface area (Å²) in [5.41, 5.74) is 5.53. The minimum absolute atomic E-state index is 0.501. The fourth-order valence-corrected chi connectivity index (χ4v) is 5.50. The quantitative estimate of drug-likeness (QED) is 0.401. The molecule has 26 heavy (non-hydrogen) atoms. The van der Waals surface area contributed by atoms with Gasteiger partial charge in [0.2, 0.25) is 0 Å². The van der Waals surface area contributed by atoms with Crippen molar-refractivity contribution in [2.24, 2.45) is 0 Å². The Bertz CT molecular complexity index is 989. The van der Waals surface area contributed by atoms with Crippen LogP contribution in [-0.2, 0) is 22.3 Å². The fourth-order valence-electron chi connectivity index (χ4n) is 2.72. The van der Waals surface area contributed by atoms with Gasteiger partial charge >= 0.3 is 0 Å². The molecule has 4 rings (SSSR count). The van der Waals surface area contributed by atoms with Crippen molar-refractivity contribution in [2.75, 3.05) is 0 Å². The van der Waals surface area contributed by atoms with E-state index in [1.54, 1.807) is 22.7 Å². The molecule has 2 nitrogen and oxygen atoms in total. The first kappa shape index (κ1) is 17.3.